The zero-order valence-corrected chi connectivity index (χ0v) is 20.0. The van der Waals surface area contributed by atoms with Crippen molar-refractivity contribution in [1.29, 1.82) is 0 Å². The normalized spacial score (nSPS) is 13.1. The maximum Gasteiger partial charge on any atom is 0.206 e. The summed E-state index contributed by atoms with van der Waals surface area (Å²) < 4.78 is 36.8. The molecule has 4 aromatic carbocycles. The summed E-state index contributed by atoms with van der Waals surface area (Å²) in [5, 5.41) is 0. The minimum atomic E-state index is -3.63. The van der Waals surface area contributed by atoms with Crippen LogP contribution in [0.5, 0.6) is 17.2 Å². The highest BCUT2D eigenvalue weighted by Gasteiger charge is 2.27. The number of hydrogen-bond acceptors (Lipinski definition) is 5. The summed E-state index contributed by atoms with van der Waals surface area (Å²) in [4.78, 5) is 0.404. The van der Waals surface area contributed by atoms with Gasteiger partial charge in [0.2, 0.25) is 9.84 Å². The van der Waals surface area contributed by atoms with Gasteiger partial charge in [0.25, 0.3) is 0 Å². The molecule has 0 radical (unpaired) electrons. The van der Waals surface area contributed by atoms with Crippen molar-refractivity contribution in [1.82, 2.24) is 0 Å². The van der Waals surface area contributed by atoms with Gasteiger partial charge in [0, 0.05) is 12.0 Å². The summed E-state index contributed by atoms with van der Waals surface area (Å²) in [7, 11) is -2.09. The lowest BCUT2D eigenvalue weighted by atomic mass is 9.76. The van der Waals surface area contributed by atoms with Crippen LogP contribution >= 0.6 is 0 Å². The van der Waals surface area contributed by atoms with Crippen molar-refractivity contribution in [2.24, 2.45) is 5.73 Å². The first-order valence-corrected chi connectivity index (χ1v) is 12.4. The molecule has 174 valence electrons. The molecule has 4 rings (SSSR count). The van der Waals surface area contributed by atoms with E-state index in [0.29, 0.717) is 23.8 Å². The van der Waals surface area contributed by atoms with E-state index < -0.39 is 9.84 Å². The van der Waals surface area contributed by atoms with Crippen LogP contribution in [-0.2, 0) is 15.3 Å². The Kier molecular flexibility index (Phi) is 6.72. The highest BCUT2D eigenvalue weighted by atomic mass is 32.2. The van der Waals surface area contributed by atoms with Crippen molar-refractivity contribution in [3.05, 3.63) is 114 Å². The van der Waals surface area contributed by atoms with Crippen LogP contribution in [-0.4, -0.2) is 22.1 Å². The minimum Gasteiger partial charge on any atom is -0.497 e. The van der Waals surface area contributed by atoms with E-state index in [4.69, 9.17) is 15.2 Å². The topological polar surface area (TPSA) is 78.6 Å². The summed E-state index contributed by atoms with van der Waals surface area (Å²) in [5.41, 5.74) is 8.09. The summed E-state index contributed by atoms with van der Waals surface area (Å²) in [6.45, 7) is 2.60. The smallest absolute Gasteiger partial charge is 0.206 e. The van der Waals surface area contributed by atoms with Gasteiger partial charge in [0.1, 0.15) is 17.2 Å². The predicted octanol–water partition coefficient (Wildman–Crippen LogP) is 5.59. The molecule has 1 unspecified atom stereocenters. The quantitative estimate of drug-likeness (QED) is 0.361. The van der Waals surface area contributed by atoms with Crippen molar-refractivity contribution in [3.63, 3.8) is 0 Å². The summed E-state index contributed by atoms with van der Waals surface area (Å²) in [6, 6.07) is 30.7. The van der Waals surface area contributed by atoms with Crippen molar-refractivity contribution in [3.8, 4) is 17.2 Å². The van der Waals surface area contributed by atoms with Gasteiger partial charge in [0.15, 0.2) is 0 Å². The van der Waals surface area contributed by atoms with Crippen LogP contribution in [0.1, 0.15) is 18.1 Å². The Morgan fingerprint density at radius 1 is 0.676 bits per heavy atom. The zero-order chi connectivity index (χ0) is 24.2. The fraction of sp³-hybridized carbons (Fsp3) is 0.143. The van der Waals surface area contributed by atoms with Crippen LogP contribution in [0.2, 0.25) is 0 Å². The van der Waals surface area contributed by atoms with Gasteiger partial charge in [-0.2, -0.15) is 0 Å². The third kappa shape index (κ3) is 4.69. The third-order valence-corrected chi connectivity index (χ3v) is 7.84. The standard InChI is InChI=1S/C28H27NO4S/c1-28(20-29,21-6-4-3-5-7-21)22-8-10-24(11-9-22)33-25-14-18-27(19-15-25)34(30,31)26-16-12-23(32-2)13-17-26/h3-19H,20,29H2,1-2H3. The van der Waals surface area contributed by atoms with Gasteiger partial charge < -0.3 is 15.2 Å². The highest BCUT2D eigenvalue weighted by molar-refractivity contribution is 7.91. The van der Waals surface area contributed by atoms with Gasteiger partial charge in [-0.05, 0) is 71.8 Å². The number of hydrogen-bond donors (Lipinski definition) is 1. The van der Waals surface area contributed by atoms with Crippen LogP contribution in [0.25, 0.3) is 0 Å². The Balaban J connectivity index is 1.50. The lowest BCUT2D eigenvalue weighted by molar-refractivity contribution is 0.414. The average molecular weight is 474 g/mol. The van der Waals surface area contributed by atoms with E-state index in [1.165, 1.54) is 19.2 Å². The number of sulfone groups is 1. The molecular formula is C28H27NO4S. The Labute approximate surface area is 200 Å². The van der Waals surface area contributed by atoms with Crippen LogP contribution in [0.15, 0.2) is 113 Å². The SMILES string of the molecule is COc1ccc(S(=O)(=O)c2ccc(Oc3ccc(C(C)(CN)c4ccccc4)cc3)cc2)cc1. The molecule has 0 aliphatic heterocycles. The second-order valence-corrected chi connectivity index (χ2v) is 10.1. The maximum absolute atomic E-state index is 12.9. The predicted molar refractivity (Wildman–Crippen MR) is 133 cm³/mol. The molecule has 0 saturated carbocycles. The molecule has 2 N–H and O–H groups in total. The van der Waals surface area contributed by atoms with Gasteiger partial charge in [-0.15, -0.1) is 0 Å². The first-order valence-electron chi connectivity index (χ1n) is 10.9. The van der Waals surface area contributed by atoms with Crippen LogP contribution in [0.3, 0.4) is 0 Å². The van der Waals surface area contributed by atoms with Crippen molar-refractivity contribution >= 4 is 9.84 Å². The van der Waals surface area contributed by atoms with Crippen molar-refractivity contribution < 1.29 is 17.9 Å². The summed E-state index contributed by atoms with van der Waals surface area (Å²) >= 11 is 0. The van der Waals surface area contributed by atoms with Crippen LogP contribution in [0.4, 0.5) is 0 Å². The maximum atomic E-state index is 12.9. The highest BCUT2D eigenvalue weighted by Crippen LogP contribution is 2.33. The largest absolute Gasteiger partial charge is 0.497 e. The third-order valence-electron chi connectivity index (χ3n) is 6.05. The van der Waals surface area contributed by atoms with E-state index in [1.807, 2.05) is 42.5 Å². The Morgan fingerprint density at radius 3 is 1.59 bits per heavy atom. The number of rotatable bonds is 8. The second-order valence-electron chi connectivity index (χ2n) is 8.18. The number of ether oxygens (including phenoxy) is 2. The Bertz CT molecular complexity index is 1330. The average Bonchev–Trinajstić information content (AvgIpc) is 2.89. The molecule has 1 atom stereocenters. The molecule has 0 amide bonds. The summed E-state index contributed by atoms with van der Waals surface area (Å²) in [5.74, 6) is 1.80. The van der Waals surface area contributed by atoms with E-state index in [0.717, 1.165) is 11.1 Å². The van der Waals surface area contributed by atoms with Crippen molar-refractivity contribution in [2.75, 3.05) is 13.7 Å². The van der Waals surface area contributed by atoms with Crippen molar-refractivity contribution in [2.45, 2.75) is 22.1 Å². The number of benzene rings is 4. The first-order chi connectivity index (χ1) is 16.4. The first kappa shape index (κ1) is 23.5. The molecular weight excluding hydrogens is 446 g/mol. The number of nitrogens with two attached hydrogens (primary N) is 1. The molecule has 34 heavy (non-hydrogen) atoms. The molecule has 4 aromatic rings. The van der Waals surface area contributed by atoms with E-state index in [2.05, 4.69) is 19.1 Å². The molecule has 5 nitrogen and oxygen atoms in total. The van der Waals surface area contributed by atoms with Gasteiger partial charge >= 0.3 is 0 Å². The molecule has 0 bridgehead atoms. The monoisotopic (exact) mass is 473 g/mol. The molecule has 6 heteroatoms. The van der Waals surface area contributed by atoms with Crippen LogP contribution < -0.4 is 15.2 Å². The zero-order valence-electron chi connectivity index (χ0n) is 19.1. The lowest BCUT2D eigenvalue weighted by Gasteiger charge is -2.29. The van der Waals surface area contributed by atoms with Gasteiger partial charge in [-0.1, -0.05) is 49.4 Å². The molecule has 0 saturated heterocycles. The molecule has 0 aliphatic carbocycles. The van der Waals surface area contributed by atoms with E-state index >= 15 is 0 Å². The Hall–Kier alpha value is -3.61. The summed E-state index contributed by atoms with van der Waals surface area (Å²) in [6.07, 6.45) is 0. The molecule has 0 spiro atoms. The van der Waals surface area contributed by atoms with Gasteiger partial charge in [-0.3, -0.25) is 0 Å². The van der Waals surface area contributed by atoms with Gasteiger partial charge in [0.05, 0.1) is 16.9 Å². The fourth-order valence-electron chi connectivity index (χ4n) is 3.81. The van der Waals surface area contributed by atoms with E-state index in [1.54, 1.807) is 36.4 Å². The molecule has 0 aliphatic rings. The molecule has 0 fully saturated rings. The Morgan fingerprint density at radius 2 is 1.12 bits per heavy atom. The van der Waals surface area contributed by atoms with E-state index in [9.17, 15) is 8.42 Å². The van der Waals surface area contributed by atoms with E-state index in [-0.39, 0.29) is 15.2 Å². The van der Waals surface area contributed by atoms with Crippen LogP contribution in [0, 0.1) is 0 Å². The second kappa shape index (κ2) is 9.71. The van der Waals surface area contributed by atoms with Gasteiger partial charge in [-0.25, -0.2) is 8.42 Å². The lowest BCUT2D eigenvalue weighted by Crippen LogP contribution is -2.32. The fourth-order valence-corrected chi connectivity index (χ4v) is 5.07. The molecule has 0 aromatic heterocycles. The molecule has 0 heterocycles. The number of methoxy groups -OCH3 is 1. The minimum absolute atomic E-state index is 0.196.